The monoisotopic (exact) mass is 566 g/mol. The number of halogens is 6. The zero-order valence-corrected chi connectivity index (χ0v) is 21.7. The zero-order chi connectivity index (χ0) is 28.0. The number of alkyl halides is 5. The molecule has 4 nitrogen and oxygen atoms in total. The van der Waals surface area contributed by atoms with E-state index in [4.69, 9.17) is 3.63 Å². The van der Waals surface area contributed by atoms with Gasteiger partial charge in [0.15, 0.2) is 0 Å². The van der Waals surface area contributed by atoms with E-state index in [1.165, 1.54) is 24.3 Å². The van der Waals surface area contributed by atoms with E-state index in [0.717, 1.165) is 24.3 Å². The molecule has 0 heterocycles. The van der Waals surface area contributed by atoms with Gasteiger partial charge in [-0.25, -0.2) is 8.02 Å². The number of rotatable bonds is 7. The molecule has 202 valence electrons. The van der Waals surface area contributed by atoms with E-state index in [-0.39, 0.29) is 14.7 Å². The molecule has 3 rings (SSSR count). The third-order valence-corrected chi connectivity index (χ3v) is 10.5. The lowest BCUT2D eigenvalue weighted by Crippen LogP contribution is -2.50. The molecule has 0 saturated carbocycles. The Morgan fingerprint density at radius 1 is 0.703 bits per heavy atom. The Hall–Kier alpha value is -2.54. The lowest BCUT2D eigenvalue weighted by Gasteiger charge is -2.41. The Morgan fingerprint density at radius 2 is 1.08 bits per heavy atom. The second kappa shape index (κ2) is 9.97. The Morgan fingerprint density at radius 3 is 1.43 bits per heavy atom. The molecular formula is C25H24F6O4S2. The van der Waals surface area contributed by atoms with Crippen LogP contribution in [-0.4, -0.2) is 31.1 Å². The van der Waals surface area contributed by atoms with E-state index in [1.807, 2.05) is 0 Å². The van der Waals surface area contributed by atoms with Crippen LogP contribution >= 0.6 is 10.3 Å². The van der Waals surface area contributed by atoms with Crippen molar-refractivity contribution in [2.24, 2.45) is 0 Å². The van der Waals surface area contributed by atoms with Gasteiger partial charge >= 0.3 is 21.5 Å². The van der Waals surface area contributed by atoms with Gasteiger partial charge in [0, 0.05) is 14.7 Å². The van der Waals surface area contributed by atoms with Crippen LogP contribution in [0.15, 0.2) is 75.4 Å². The molecule has 3 aromatic rings. The largest absolute Gasteiger partial charge is 0.421 e. The van der Waals surface area contributed by atoms with Crippen molar-refractivity contribution < 1.29 is 43.5 Å². The van der Waals surface area contributed by atoms with E-state index in [2.05, 4.69) is 0 Å². The van der Waals surface area contributed by atoms with Crippen LogP contribution in [0.1, 0.15) is 22.3 Å². The van der Waals surface area contributed by atoms with Crippen molar-refractivity contribution in [1.29, 1.82) is 0 Å². The van der Waals surface area contributed by atoms with E-state index in [1.54, 1.807) is 39.8 Å². The minimum absolute atomic E-state index is 0.0650. The first-order valence-corrected chi connectivity index (χ1v) is 13.7. The number of benzene rings is 3. The van der Waals surface area contributed by atoms with Crippen molar-refractivity contribution in [3.8, 4) is 0 Å². The molecule has 12 heteroatoms. The summed E-state index contributed by atoms with van der Waals surface area (Å²) in [5, 5.41) is 3.53. The minimum atomic E-state index is -6.47. The van der Waals surface area contributed by atoms with Crippen LogP contribution in [0, 0.1) is 33.5 Å². The van der Waals surface area contributed by atoms with Gasteiger partial charge in [0.2, 0.25) is 6.10 Å². The van der Waals surface area contributed by atoms with Crippen molar-refractivity contribution in [2.75, 3.05) is 0 Å². The van der Waals surface area contributed by atoms with E-state index >= 15 is 0 Å². The number of aryl methyl sites for hydroxylation is 4. The fourth-order valence-electron chi connectivity index (χ4n) is 3.86. The lowest BCUT2D eigenvalue weighted by molar-refractivity contribution is -0.248. The van der Waals surface area contributed by atoms with Gasteiger partial charge in [-0.2, -0.15) is 30.4 Å². The number of hydrogen-bond donors (Lipinski definition) is 1. The summed E-state index contributed by atoms with van der Waals surface area (Å²) in [7, 11) is -10.2. The predicted octanol–water partition coefficient (Wildman–Crippen LogP) is 7.12. The van der Waals surface area contributed by atoms with Crippen LogP contribution in [0.2, 0.25) is 0 Å². The summed E-state index contributed by atoms with van der Waals surface area (Å²) < 4.78 is 114. The molecule has 0 radical (unpaired) electrons. The Labute approximate surface area is 212 Å². The first-order chi connectivity index (χ1) is 16.9. The molecule has 0 aliphatic rings. The van der Waals surface area contributed by atoms with Crippen LogP contribution in [0.3, 0.4) is 0 Å². The van der Waals surface area contributed by atoms with Crippen molar-refractivity contribution in [3.63, 3.8) is 0 Å². The van der Waals surface area contributed by atoms with Crippen molar-refractivity contribution in [3.05, 3.63) is 88.7 Å². The van der Waals surface area contributed by atoms with Crippen LogP contribution in [-0.2, 0) is 13.7 Å². The average molecular weight is 567 g/mol. The summed E-state index contributed by atoms with van der Waals surface area (Å²) in [6, 6.07) is 13.5. The molecule has 1 atom stereocenters. The highest BCUT2D eigenvalue weighted by Gasteiger charge is 2.65. The summed E-state index contributed by atoms with van der Waals surface area (Å²) >= 11 is 0. The van der Waals surface area contributed by atoms with Crippen LogP contribution in [0.5, 0.6) is 0 Å². The van der Waals surface area contributed by atoms with Crippen molar-refractivity contribution in [2.45, 2.75) is 59.9 Å². The van der Waals surface area contributed by atoms with E-state index in [9.17, 15) is 39.9 Å². The number of aliphatic hydroxyl groups excluding tert-OH is 1. The SMILES string of the molecule is Cc1cc(C)cc(S(OS(=O)(=O)C(F)(F)C(O)C(F)(F)F)(c2ccc(F)cc2)c2cc(C)cc(C)c2)c1. The van der Waals surface area contributed by atoms with Crippen LogP contribution in [0.25, 0.3) is 0 Å². The molecule has 37 heavy (non-hydrogen) atoms. The van der Waals surface area contributed by atoms with Gasteiger partial charge < -0.3 is 5.11 Å². The topological polar surface area (TPSA) is 63.6 Å². The number of aliphatic hydroxyl groups is 1. The molecule has 0 saturated heterocycles. The van der Waals surface area contributed by atoms with Crippen molar-refractivity contribution >= 4 is 20.4 Å². The highest BCUT2D eigenvalue weighted by Crippen LogP contribution is 2.71. The molecule has 0 aromatic heterocycles. The Balaban J connectivity index is 2.47. The average Bonchev–Trinajstić information content (AvgIpc) is 2.75. The van der Waals surface area contributed by atoms with Gasteiger partial charge in [0.1, 0.15) is 5.82 Å². The molecule has 3 aromatic carbocycles. The summed E-state index contributed by atoms with van der Waals surface area (Å²) in [6.07, 6.45) is -10.5. The Bertz CT molecular complexity index is 1310. The molecule has 0 fully saturated rings. The minimum Gasteiger partial charge on any atom is -0.378 e. The van der Waals surface area contributed by atoms with E-state index < -0.39 is 43.8 Å². The normalized spacial score (nSPS) is 14.5. The van der Waals surface area contributed by atoms with Gasteiger partial charge in [-0.05, 0) is 109 Å². The fraction of sp³-hybridized carbons (Fsp3) is 0.280. The van der Waals surface area contributed by atoms with Crippen molar-refractivity contribution in [1.82, 2.24) is 0 Å². The van der Waals surface area contributed by atoms with Gasteiger partial charge in [0.05, 0.1) is 0 Å². The predicted molar refractivity (Wildman–Crippen MR) is 128 cm³/mol. The summed E-state index contributed by atoms with van der Waals surface area (Å²) in [6.45, 7) is 6.62. The molecule has 1 N–H and O–H groups in total. The lowest BCUT2D eigenvalue weighted by atomic mass is 10.2. The molecule has 0 amide bonds. The quantitative estimate of drug-likeness (QED) is 0.310. The zero-order valence-electron chi connectivity index (χ0n) is 20.1. The summed E-state index contributed by atoms with van der Waals surface area (Å²) in [5.41, 5.74) is 2.34. The first kappa shape index (κ1) is 29.0. The molecule has 0 bridgehead atoms. The molecule has 0 aliphatic heterocycles. The van der Waals surface area contributed by atoms with Gasteiger partial charge in [0.25, 0.3) is 0 Å². The Kier molecular flexibility index (Phi) is 7.82. The highest BCUT2D eigenvalue weighted by molar-refractivity contribution is 8.33. The molecular weight excluding hydrogens is 542 g/mol. The third-order valence-electron chi connectivity index (χ3n) is 5.35. The van der Waals surface area contributed by atoms with Gasteiger partial charge in [-0.3, -0.25) is 0 Å². The fourth-order valence-corrected chi connectivity index (χ4v) is 9.39. The summed E-state index contributed by atoms with van der Waals surface area (Å²) in [5.74, 6) is -0.724. The second-order valence-corrected chi connectivity index (χ2v) is 13.2. The van der Waals surface area contributed by atoms with Crippen LogP contribution in [0.4, 0.5) is 26.3 Å². The smallest absolute Gasteiger partial charge is 0.378 e. The molecule has 0 spiro atoms. The maximum Gasteiger partial charge on any atom is 0.421 e. The van der Waals surface area contributed by atoms with Crippen LogP contribution < -0.4 is 0 Å². The summed E-state index contributed by atoms with van der Waals surface area (Å²) in [4.78, 5) is 0.0785. The highest BCUT2D eigenvalue weighted by atomic mass is 32.3. The maximum absolute atomic E-state index is 14.8. The second-order valence-electron chi connectivity index (χ2n) is 8.69. The molecule has 0 aliphatic carbocycles. The standard InChI is InChI=1S/C25H24F6O4S2/c1-15-9-16(2)12-21(11-15)36(20-7-5-19(26)6-8-20,22-13-17(3)10-18(4)14-22)35-37(33,34)25(30,31)23(32)24(27,28)29/h5-14,23,32H,1-4H3. The van der Waals surface area contributed by atoms with E-state index in [0.29, 0.717) is 22.3 Å². The van der Waals surface area contributed by atoms with Gasteiger partial charge in [-0.15, -0.1) is 0 Å². The first-order valence-electron chi connectivity index (χ1n) is 10.7. The molecule has 1 unspecified atom stereocenters. The maximum atomic E-state index is 14.8. The third kappa shape index (κ3) is 5.66. The van der Waals surface area contributed by atoms with Gasteiger partial charge in [-0.1, -0.05) is 12.1 Å². The number of hydrogen-bond acceptors (Lipinski definition) is 4.